The van der Waals surface area contributed by atoms with Crippen LogP contribution >= 0.6 is 0 Å². The zero-order valence-electron chi connectivity index (χ0n) is 12.9. The molecule has 2 atom stereocenters. The standard InChI is InChI=1S/C17H28O2/c1-5-12-7-8-14-16(2,3)9-6-10-17(14,4)13(12)11-15(18)19/h14H,5-11H2,1-4H3,(H,18,19). The summed E-state index contributed by atoms with van der Waals surface area (Å²) >= 11 is 0. The van der Waals surface area contributed by atoms with Gasteiger partial charge in [0.15, 0.2) is 0 Å². The molecule has 2 rings (SSSR count). The summed E-state index contributed by atoms with van der Waals surface area (Å²) in [5, 5.41) is 9.28. The molecule has 2 aliphatic rings. The molecular formula is C17H28O2. The van der Waals surface area contributed by atoms with E-state index in [1.165, 1.54) is 36.8 Å². The number of carbonyl (C=O) groups is 1. The van der Waals surface area contributed by atoms with Crippen molar-refractivity contribution < 1.29 is 9.90 Å². The van der Waals surface area contributed by atoms with Gasteiger partial charge in [0.25, 0.3) is 0 Å². The first-order valence-electron chi connectivity index (χ1n) is 7.74. The average Bonchev–Trinajstić information content (AvgIpc) is 2.29. The van der Waals surface area contributed by atoms with Gasteiger partial charge < -0.3 is 5.11 Å². The highest BCUT2D eigenvalue weighted by Gasteiger charge is 2.50. The van der Waals surface area contributed by atoms with Crippen molar-refractivity contribution in [2.45, 2.75) is 72.6 Å². The molecule has 0 amide bonds. The summed E-state index contributed by atoms with van der Waals surface area (Å²) in [6, 6.07) is 0. The summed E-state index contributed by atoms with van der Waals surface area (Å²) in [6.07, 6.45) is 7.33. The third kappa shape index (κ3) is 2.46. The van der Waals surface area contributed by atoms with Gasteiger partial charge in [-0.3, -0.25) is 4.79 Å². The van der Waals surface area contributed by atoms with E-state index in [0.717, 1.165) is 12.8 Å². The molecule has 0 heterocycles. The van der Waals surface area contributed by atoms with Crippen LogP contribution in [-0.2, 0) is 4.79 Å². The normalized spacial score (nSPS) is 34.0. The van der Waals surface area contributed by atoms with Crippen molar-refractivity contribution >= 4 is 5.97 Å². The highest BCUT2D eigenvalue weighted by molar-refractivity contribution is 5.71. The highest BCUT2D eigenvalue weighted by atomic mass is 16.4. The molecular weight excluding hydrogens is 236 g/mol. The van der Waals surface area contributed by atoms with Gasteiger partial charge in [-0.05, 0) is 48.9 Å². The molecule has 2 aliphatic carbocycles. The fourth-order valence-electron chi connectivity index (χ4n) is 4.93. The van der Waals surface area contributed by atoms with Crippen LogP contribution in [0, 0.1) is 16.7 Å². The summed E-state index contributed by atoms with van der Waals surface area (Å²) in [5.41, 5.74) is 3.19. The maximum absolute atomic E-state index is 11.3. The first-order chi connectivity index (χ1) is 8.81. The third-order valence-corrected chi connectivity index (χ3v) is 5.84. The summed E-state index contributed by atoms with van der Waals surface area (Å²) in [5.74, 6) is -0.00963. The van der Waals surface area contributed by atoms with Crippen LogP contribution < -0.4 is 0 Å². The van der Waals surface area contributed by atoms with E-state index < -0.39 is 5.97 Å². The minimum atomic E-state index is -0.661. The zero-order chi connectivity index (χ0) is 14.3. The molecule has 2 heteroatoms. The summed E-state index contributed by atoms with van der Waals surface area (Å²) < 4.78 is 0. The second kappa shape index (κ2) is 4.96. The lowest BCUT2D eigenvalue weighted by Gasteiger charge is -2.55. The minimum absolute atomic E-state index is 0.129. The fraction of sp³-hybridized carbons (Fsp3) is 0.824. The molecule has 0 saturated heterocycles. The molecule has 0 aromatic heterocycles. The number of rotatable bonds is 3. The lowest BCUT2D eigenvalue weighted by atomic mass is 9.50. The van der Waals surface area contributed by atoms with Gasteiger partial charge in [-0.1, -0.05) is 45.3 Å². The Bertz CT molecular complexity index is 405. The van der Waals surface area contributed by atoms with Crippen molar-refractivity contribution in [2.24, 2.45) is 16.7 Å². The SMILES string of the molecule is CCC1=C(CC(=O)O)C2(C)CCCC(C)(C)C2CC1. The second-order valence-electron chi connectivity index (χ2n) is 7.36. The van der Waals surface area contributed by atoms with Gasteiger partial charge in [-0.25, -0.2) is 0 Å². The topological polar surface area (TPSA) is 37.3 Å². The van der Waals surface area contributed by atoms with Gasteiger partial charge in [-0.2, -0.15) is 0 Å². The molecule has 1 fully saturated rings. The van der Waals surface area contributed by atoms with Crippen molar-refractivity contribution in [1.29, 1.82) is 0 Å². The first kappa shape index (κ1) is 14.6. The Labute approximate surface area is 117 Å². The van der Waals surface area contributed by atoms with Crippen LogP contribution in [0.15, 0.2) is 11.1 Å². The third-order valence-electron chi connectivity index (χ3n) is 5.84. The lowest BCUT2D eigenvalue weighted by molar-refractivity contribution is -0.136. The van der Waals surface area contributed by atoms with Gasteiger partial charge in [-0.15, -0.1) is 0 Å². The van der Waals surface area contributed by atoms with Crippen molar-refractivity contribution in [3.63, 3.8) is 0 Å². The molecule has 0 aromatic carbocycles. The number of allylic oxidation sites excluding steroid dienone is 1. The largest absolute Gasteiger partial charge is 0.481 e. The number of fused-ring (bicyclic) bond motifs is 1. The minimum Gasteiger partial charge on any atom is -0.481 e. The van der Waals surface area contributed by atoms with E-state index in [1.807, 2.05) is 0 Å². The zero-order valence-corrected chi connectivity index (χ0v) is 12.9. The molecule has 1 N–H and O–H groups in total. The van der Waals surface area contributed by atoms with Crippen molar-refractivity contribution in [3.05, 3.63) is 11.1 Å². The molecule has 19 heavy (non-hydrogen) atoms. The quantitative estimate of drug-likeness (QED) is 0.744. The smallest absolute Gasteiger partial charge is 0.307 e. The summed E-state index contributed by atoms with van der Waals surface area (Å²) in [7, 11) is 0. The van der Waals surface area contributed by atoms with Gasteiger partial charge in [0.1, 0.15) is 0 Å². The van der Waals surface area contributed by atoms with Crippen LogP contribution in [0.5, 0.6) is 0 Å². The Balaban J connectivity index is 2.44. The number of hydrogen-bond acceptors (Lipinski definition) is 1. The lowest BCUT2D eigenvalue weighted by Crippen LogP contribution is -2.46. The van der Waals surface area contributed by atoms with E-state index in [9.17, 15) is 9.90 Å². The van der Waals surface area contributed by atoms with E-state index in [2.05, 4.69) is 27.7 Å². The van der Waals surface area contributed by atoms with Gasteiger partial charge in [0.2, 0.25) is 0 Å². The van der Waals surface area contributed by atoms with E-state index in [4.69, 9.17) is 0 Å². The van der Waals surface area contributed by atoms with Gasteiger partial charge >= 0.3 is 5.97 Å². The Kier molecular flexibility index (Phi) is 3.81. The predicted molar refractivity (Wildman–Crippen MR) is 78.0 cm³/mol. The number of carboxylic acids is 1. The molecule has 0 radical (unpaired) electrons. The molecule has 0 bridgehead atoms. The van der Waals surface area contributed by atoms with Crippen LogP contribution in [0.2, 0.25) is 0 Å². The fourth-order valence-corrected chi connectivity index (χ4v) is 4.93. The van der Waals surface area contributed by atoms with E-state index in [0.29, 0.717) is 11.3 Å². The van der Waals surface area contributed by atoms with Crippen LogP contribution in [0.1, 0.15) is 72.6 Å². The second-order valence-corrected chi connectivity index (χ2v) is 7.36. The summed E-state index contributed by atoms with van der Waals surface area (Å²) in [6.45, 7) is 9.27. The molecule has 108 valence electrons. The van der Waals surface area contributed by atoms with Crippen LogP contribution in [0.4, 0.5) is 0 Å². The van der Waals surface area contributed by atoms with E-state index >= 15 is 0 Å². The van der Waals surface area contributed by atoms with Crippen LogP contribution in [0.25, 0.3) is 0 Å². The maximum Gasteiger partial charge on any atom is 0.307 e. The van der Waals surface area contributed by atoms with Crippen molar-refractivity contribution in [2.75, 3.05) is 0 Å². The summed E-state index contributed by atoms with van der Waals surface area (Å²) in [4.78, 5) is 11.3. The monoisotopic (exact) mass is 264 g/mol. The first-order valence-corrected chi connectivity index (χ1v) is 7.74. The highest BCUT2D eigenvalue weighted by Crippen LogP contribution is 2.60. The Hall–Kier alpha value is -0.790. The van der Waals surface area contributed by atoms with Gasteiger partial charge in [0.05, 0.1) is 6.42 Å². The van der Waals surface area contributed by atoms with E-state index in [1.54, 1.807) is 0 Å². The Morgan fingerprint density at radius 3 is 2.58 bits per heavy atom. The molecule has 2 unspecified atom stereocenters. The van der Waals surface area contributed by atoms with E-state index in [-0.39, 0.29) is 11.8 Å². The number of hydrogen-bond donors (Lipinski definition) is 1. The maximum atomic E-state index is 11.3. The van der Waals surface area contributed by atoms with Crippen molar-refractivity contribution in [3.8, 4) is 0 Å². The molecule has 0 spiro atoms. The molecule has 2 nitrogen and oxygen atoms in total. The molecule has 0 aliphatic heterocycles. The average molecular weight is 264 g/mol. The predicted octanol–water partition coefficient (Wildman–Crippen LogP) is 4.79. The molecule has 0 aromatic rings. The Morgan fingerprint density at radius 2 is 2.00 bits per heavy atom. The van der Waals surface area contributed by atoms with Crippen LogP contribution in [-0.4, -0.2) is 11.1 Å². The number of aliphatic carboxylic acids is 1. The van der Waals surface area contributed by atoms with Crippen LogP contribution in [0.3, 0.4) is 0 Å². The van der Waals surface area contributed by atoms with Crippen molar-refractivity contribution in [1.82, 2.24) is 0 Å². The van der Waals surface area contributed by atoms with Gasteiger partial charge in [0, 0.05) is 0 Å². The Morgan fingerprint density at radius 1 is 1.32 bits per heavy atom. The number of carboxylic acid groups (broad SMARTS) is 1. The molecule has 1 saturated carbocycles.